The van der Waals surface area contributed by atoms with Crippen LogP contribution in [0.15, 0.2) is 42.5 Å². The quantitative estimate of drug-likeness (QED) is 0.737. The van der Waals surface area contributed by atoms with Gasteiger partial charge in [-0.15, -0.1) is 0 Å². The highest BCUT2D eigenvalue weighted by molar-refractivity contribution is 7.88. The van der Waals surface area contributed by atoms with Crippen LogP contribution in [0.4, 0.5) is 4.39 Å². The second-order valence-electron chi connectivity index (χ2n) is 5.08. The Morgan fingerprint density at radius 2 is 1.74 bits per heavy atom. The zero-order valence-corrected chi connectivity index (χ0v) is 14.6. The van der Waals surface area contributed by atoms with Gasteiger partial charge in [0, 0.05) is 22.2 Å². The largest absolute Gasteiger partial charge is 0.215 e. The van der Waals surface area contributed by atoms with Gasteiger partial charge in [0.15, 0.2) is 0 Å². The van der Waals surface area contributed by atoms with Crippen LogP contribution in [0.25, 0.3) is 0 Å². The summed E-state index contributed by atoms with van der Waals surface area (Å²) in [6.45, 7) is 0.275. The van der Waals surface area contributed by atoms with E-state index < -0.39 is 21.6 Å². The molecular formula is C16H16Cl2FNO2S. The number of rotatable bonds is 7. The van der Waals surface area contributed by atoms with Crippen LogP contribution in [0, 0.1) is 5.82 Å². The average molecular weight is 376 g/mol. The second-order valence-corrected chi connectivity index (χ2v) is 7.73. The summed E-state index contributed by atoms with van der Waals surface area (Å²) < 4.78 is 40.1. The number of hydrogen-bond acceptors (Lipinski definition) is 2. The molecule has 0 unspecified atom stereocenters. The smallest absolute Gasteiger partial charge is 0.215 e. The summed E-state index contributed by atoms with van der Waals surface area (Å²) in [6.07, 6.45) is 1.35. The lowest BCUT2D eigenvalue weighted by Crippen LogP contribution is -2.27. The third-order valence-electron chi connectivity index (χ3n) is 3.27. The Balaban J connectivity index is 1.86. The van der Waals surface area contributed by atoms with Crippen molar-refractivity contribution < 1.29 is 12.8 Å². The summed E-state index contributed by atoms with van der Waals surface area (Å²) in [5.41, 5.74) is 1.06. The molecule has 0 bridgehead atoms. The van der Waals surface area contributed by atoms with Gasteiger partial charge < -0.3 is 0 Å². The van der Waals surface area contributed by atoms with Crippen molar-refractivity contribution in [3.05, 3.63) is 69.5 Å². The average Bonchev–Trinajstić information content (AvgIpc) is 2.49. The van der Waals surface area contributed by atoms with Crippen molar-refractivity contribution in [1.29, 1.82) is 0 Å². The van der Waals surface area contributed by atoms with Crippen molar-refractivity contribution in [2.45, 2.75) is 18.6 Å². The van der Waals surface area contributed by atoms with Crippen LogP contribution in [-0.4, -0.2) is 15.0 Å². The summed E-state index contributed by atoms with van der Waals surface area (Å²) in [5, 5.41) is 0.771. The van der Waals surface area contributed by atoms with Gasteiger partial charge in [-0.1, -0.05) is 41.4 Å². The third kappa shape index (κ3) is 5.77. The van der Waals surface area contributed by atoms with E-state index in [0.29, 0.717) is 11.4 Å². The Morgan fingerprint density at radius 1 is 1.04 bits per heavy atom. The number of halogens is 3. The minimum Gasteiger partial charge on any atom is -0.215 e. The highest BCUT2D eigenvalue weighted by Gasteiger charge is 2.16. The predicted molar refractivity (Wildman–Crippen MR) is 91.8 cm³/mol. The molecule has 3 nitrogen and oxygen atoms in total. The monoisotopic (exact) mass is 375 g/mol. The third-order valence-corrected chi connectivity index (χ3v) is 5.19. The molecule has 0 atom stereocenters. The fraction of sp³-hybridized carbons (Fsp3) is 0.250. The molecule has 0 saturated carbocycles. The summed E-state index contributed by atoms with van der Waals surface area (Å²) in [7, 11) is -3.64. The fourth-order valence-electron chi connectivity index (χ4n) is 2.08. The second kappa shape index (κ2) is 8.11. The van der Waals surface area contributed by atoms with Gasteiger partial charge in [-0.25, -0.2) is 17.5 Å². The minimum atomic E-state index is -3.64. The lowest BCUT2D eigenvalue weighted by atomic mass is 10.1. The molecule has 0 amide bonds. The van der Waals surface area contributed by atoms with E-state index in [-0.39, 0.29) is 17.1 Å². The van der Waals surface area contributed by atoms with Crippen molar-refractivity contribution in [2.24, 2.45) is 0 Å². The van der Waals surface area contributed by atoms with E-state index in [9.17, 15) is 12.8 Å². The summed E-state index contributed by atoms with van der Waals surface area (Å²) >= 11 is 11.6. The maximum Gasteiger partial charge on any atom is 0.215 e. The molecular weight excluding hydrogens is 360 g/mol. The summed E-state index contributed by atoms with van der Waals surface area (Å²) in [5.74, 6) is -1.09. The normalized spacial score (nSPS) is 11.6. The van der Waals surface area contributed by atoms with Crippen LogP contribution in [0.1, 0.15) is 17.5 Å². The van der Waals surface area contributed by atoms with Crippen LogP contribution >= 0.6 is 23.2 Å². The van der Waals surface area contributed by atoms with Crippen molar-refractivity contribution in [3.8, 4) is 0 Å². The first-order chi connectivity index (χ1) is 10.9. The molecule has 2 aromatic rings. The molecule has 1 N–H and O–H groups in total. The van der Waals surface area contributed by atoms with Crippen LogP contribution < -0.4 is 4.72 Å². The highest BCUT2D eigenvalue weighted by Crippen LogP contribution is 2.21. The molecule has 0 aliphatic heterocycles. The predicted octanol–water partition coefficient (Wildman–Crippen LogP) is 4.18. The van der Waals surface area contributed by atoms with E-state index in [0.717, 1.165) is 12.0 Å². The zero-order valence-electron chi connectivity index (χ0n) is 12.2. The van der Waals surface area contributed by atoms with Crippen molar-refractivity contribution >= 4 is 33.2 Å². The van der Waals surface area contributed by atoms with Gasteiger partial charge in [-0.3, -0.25) is 0 Å². The molecule has 0 spiro atoms. The van der Waals surface area contributed by atoms with Crippen LogP contribution in [0.2, 0.25) is 10.0 Å². The molecule has 124 valence electrons. The molecule has 2 aromatic carbocycles. The lowest BCUT2D eigenvalue weighted by molar-refractivity contribution is 0.572. The van der Waals surface area contributed by atoms with Gasteiger partial charge in [0.05, 0.1) is 5.75 Å². The molecule has 0 heterocycles. The van der Waals surface area contributed by atoms with Crippen molar-refractivity contribution in [3.63, 3.8) is 0 Å². The van der Waals surface area contributed by atoms with E-state index in [1.54, 1.807) is 12.1 Å². The molecule has 7 heteroatoms. The van der Waals surface area contributed by atoms with Crippen LogP contribution in [-0.2, 0) is 22.2 Å². The van der Waals surface area contributed by atoms with Gasteiger partial charge in [0.2, 0.25) is 10.0 Å². The molecule has 0 saturated heterocycles. The Kier molecular flexibility index (Phi) is 6.41. The SMILES string of the molecule is O=S(=O)(Cc1c(F)cccc1Cl)NCCCc1ccc(Cl)cc1. The molecule has 2 rings (SSSR count). The van der Waals surface area contributed by atoms with Crippen molar-refractivity contribution in [2.75, 3.05) is 6.54 Å². The first kappa shape index (κ1) is 18.2. The molecule has 23 heavy (non-hydrogen) atoms. The Morgan fingerprint density at radius 3 is 2.39 bits per heavy atom. The molecule has 0 aliphatic rings. The standard InChI is InChI=1S/C16H16Cl2FNO2S/c17-13-8-6-12(7-9-13)3-2-10-20-23(21,22)11-14-15(18)4-1-5-16(14)19/h1,4-9,20H,2-3,10-11H2. The number of benzene rings is 2. The number of nitrogens with one attached hydrogen (secondary N) is 1. The minimum absolute atomic E-state index is 0.0145. The van der Waals surface area contributed by atoms with Crippen LogP contribution in [0.3, 0.4) is 0 Å². The molecule has 0 fully saturated rings. The first-order valence-electron chi connectivity index (χ1n) is 7.02. The zero-order chi connectivity index (χ0) is 16.9. The molecule has 0 aromatic heterocycles. The van der Waals surface area contributed by atoms with E-state index in [4.69, 9.17) is 23.2 Å². The topological polar surface area (TPSA) is 46.2 Å². The molecule has 0 radical (unpaired) electrons. The van der Waals surface area contributed by atoms with E-state index in [1.165, 1.54) is 18.2 Å². The Hall–Kier alpha value is -1.14. The maximum absolute atomic E-state index is 13.6. The molecule has 0 aliphatic carbocycles. The maximum atomic E-state index is 13.6. The fourth-order valence-corrected chi connectivity index (χ4v) is 3.75. The summed E-state index contributed by atoms with van der Waals surface area (Å²) in [4.78, 5) is 0. The van der Waals surface area contributed by atoms with Gasteiger partial charge in [-0.2, -0.15) is 0 Å². The number of aryl methyl sites for hydroxylation is 1. The first-order valence-corrected chi connectivity index (χ1v) is 9.43. The number of hydrogen-bond donors (Lipinski definition) is 1. The van der Waals surface area contributed by atoms with E-state index in [1.807, 2.05) is 12.1 Å². The van der Waals surface area contributed by atoms with E-state index in [2.05, 4.69) is 4.72 Å². The highest BCUT2D eigenvalue weighted by atomic mass is 35.5. The van der Waals surface area contributed by atoms with Gasteiger partial charge in [0.25, 0.3) is 0 Å². The van der Waals surface area contributed by atoms with E-state index >= 15 is 0 Å². The Labute approximate surface area is 145 Å². The van der Waals surface area contributed by atoms with Crippen molar-refractivity contribution in [1.82, 2.24) is 4.72 Å². The lowest BCUT2D eigenvalue weighted by Gasteiger charge is -2.09. The number of sulfonamides is 1. The van der Waals surface area contributed by atoms with Crippen LogP contribution in [0.5, 0.6) is 0 Å². The van der Waals surface area contributed by atoms with Gasteiger partial charge in [-0.05, 0) is 42.7 Å². The Bertz CT molecular complexity index is 744. The summed E-state index contributed by atoms with van der Waals surface area (Å²) in [6, 6.07) is 11.5. The van der Waals surface area contributed by atoms with Gasteiger partial charge >= 0.3 is 0 Å². The van der Waals surface area contributed by atoms with Gasteiger partial charge in [0.1, 0.15) is 5.82 Å².